The van der Waals surface area contributed by atoms with E-state index in [0.717, 1.165) is 5.56 Å². The van der Waals surface area contributed by atoms with Gasteiger partial charge in [-0.25, -0.2) is 0 Å². The van der Waals surface area contributed by atoms with Crippen LogP contribution in [0.1, 0.15) is 31.9 Å². The zero-order chi connectivity index (χ0) is 22.3. The summed E-state index contributed by atoms with van der Waals surface area (Å²) in [6.45, 7) is 6.27. The predicted octanol–water partition coefficient (Wildman–Crippen LogP) is 3.98. The Morgan fingerprint density at radius 1 is 1.13 bits per heavy atom. The molecule has 0 aliphatic carbocycles. The molecular weight excluding hydrogens is 406 g/mol. The van der Waals surface area contributed by atoms with Gasteiger partial charge in [-0.2, -0.15) is 0 Å². The molecule has 0 saturated heterocycles. The molecule has 0 spiro atoms. The minimum atomic E-state index is -0.752. The van der Waals surface area contributed by atoms with Gasteiger partial charge in [0.25, 0.3) is 5.69 Å². The Balaban J connectivity index is 2.28. The summed E-state index contributed by atoms with van der Waals surface area (Å²) in [6, 6.07) is 12.4. The van der Waals surface area contributed by atoms with Gasteiger partial charge in [0, 0.05) is 29.7 Å². The third-order valence-electron chi connectivity index (χ3n) is 4.62. The van der Waals surface area contributed by atoms with Crippen LogP contribution in [0, 0.1) is 16.0 Å². The predicted molar refractivity (Wildman–Crippen MR) is 116 cm³/mol. The van der Waals surface area contributed by atoms with Crippen LogP contribution in [-0.4, -0.2) is 34.2 Å². The summed E-state index contributed by atoms with van der Waals surface area (Å²) in [5, 5.41) is 14.7. The van der Waals surface area contributed by atoms with Gasteiger partial charge in [-0.3, -0.25) is 19.7 Å². The summed E-state index contributed by atoms with van der Waals surface area (Å²) in [5.41, 5.74) is 0.950. The molecule has 160 valence electrons. The van der Waals surface area contributed by atoms with Crippen LogP contribution in [0.4, 0.5) is 5.69 Å². The quantitative estimate of drug-likeness (QED) is 0.480. The van der Waals surface area contributed by atoms with Crippen molar-refractivity contribution in [3.8, 4) is 0 Å². The number of rotatable bonds is 9. The minimum absolute atomic E-state index is 0.120. The maximum atomic E-state index is 13.2. The van der Waals surface area contributed by atoms with Crippen molar-refractivity contribution in [2.24, 2.45) is 5.92 Å². The summed E-state index contributed by atoms with van der Waals surface area (Å²) >= 11 is 6.06. The first-order chi connectivity index (χ1) is 14.2. The van der Waals surface area contributed by atoms with Crippen LogP contribution in [0.15, 0.2) is 48.5 Å². The molecule has 8 heteroatoms. The third-order valence-corrected chi connectivity index (χ3v) is 4.86. The van der Waals surface area contributed by atoms with Crippen LogP contribution in [0.2, 0.25) is 5.02 Å². The van der Waals surface area contributed by atoms with Crippen molar-refractivity contribution in [3.05, 3.63) is 74.8 Å². The van der Waals surface area contributed by atoms with E-state index in [1.54, 1.807) is 43.3 Å². The Morgan fingerprint density at radius 3 is 2.47 bits per heavy atom. The lowest BCUT2D eigenvalue weighted by Gasteiger charge is -2.29. The van der Waals surface area contributed by atoms with E-state index in [2.05, 4.69) is 5.32 Å². The normalized spacial score (nSPS) is 11.8. The fraction of sp³-hybridized carbons (Fsp3) is 0.364. The standard InChI is InChI=1S/C22H26ClN3O4/c1-15(2)13-24-22(28)16(3)25(14-17-7-6-9-19(23)11-17)21(27)12-18-8-4-5-10-20(18)26(29)30/h4-11,15-16H,12-14H2,1-3H3,(H,24,28)/t16-/m1/s1. The van der Waals surface area contributed by atoms with Gasteiger partial charge in [0.05, 0.1) is 11.3 Å². The molecule has 2 rings (SSSR count). The van der Waals surface area contributed by atoms with E-state index in [9.17, 15) is 19.7 Å². The number of hydrogen-bond acceptors (Lipinski definition) is 4. The van der Waals surface area contributed by atoms with Gasteiger partial charge in [0.15, 0.2) is 0 Å². The number of para-hydroxylation sites is 1. The number of nitro benzene ring substituents is 1. The summed E-state index contributed by atoms with van der Waals surface area (Å²) in [5.74, 6) is -0.386. The van der Waals surface area contributed by atoms with E-state index >= 15 is 0 Å². The fourth-order valence-electron chi connectivity index (χ4n) is 2.97. The lowest BCUT2D eigenvalue weighted by atomic mass is 10.1. The van der Waals surface area contributed by atoms with Crippen molar-refractivity contribution in [1.29, 1.82) is 0 Å². The van der Waals surface area contributed by atoms with E-state index < -0.39 is 11.0 Å². The molecule has 0 unspecified atom stereocenters. The van der Waals surface area contributed by atoms with E-state index in [4.69, 9.17) is 11.6 Å². The lowest BCUT2D eigenvalue weighted by molar-refractivity contribution is -0.385. The molecule has 7 nitrogen and oxygen atoms in total. The maximum Gasteiger partial charge on any atom is 0.273 e. The van der Waals surface area contributed by atoms with Crippen LogP contribution in [-0.2, 0) is 22.6 Å². The van der Waals surface area contributed by atoms with Crippen LogP contribution in [0.5, 0.6) is 0 Å². The molecule has 0 fully saturated rings. The first kappa shape index (κ1) is 23.3. The Labute approximate surface area is 181 Å². The van der Waals surface area contributed by atoms with Gasteiger partial charge in [-0.1, -0.05) is 55.8 Å². The first-order valence-electron chi connectivity index (χ1n) is 9.73. The number of carbonyl (C=O) groups excluding carboxylic acids is 2. The largest absolute Gasteiger partial charge is 0.354 e. The maximum absolute atomic E-state index is 13.2. The molecule has 2 amide bonds. The van der Waals surface area contributed by atoms with Crippen molar-refractivity contribution < 1.29 is 14.5 Å². The molecule has 2 aromatic rings. The molecule has 0 saturated carbocycles. The second kappa shape index (κ2) is 10.7. The molecule has 0 radical (unpaired) electrons. The fourth-order valence-corrected chi connectivity index (χ4v) is 3.18. The monoisotopic (exact) mass is 431 g/mol. The Hall–Kier alpha value is -2.93. The number of hydrogen-bond donors (Lipinski definition) is 1. The third kappa shape index (κ3) is 6.56. The van der Waals surface area contributed by atoms with Crippen LogP contribution in [0.3, 0.4) is 0 Å². The SMILES string of the molecule is CC(C)CNC(=O)[C@@H](C)N(Cc1cccc(Cl)c1)C(=O)Cc1ccccc1[N+](=O)[O-]. The lowest BCUT2D eigenvalue weighted by Crippen LogP contribution is -2.48. The zero-order valence-electron chi connectivity index (χ0n) is 17.3. The van der Waals surface area contributed by atoms with Crippen molar-refractivity contribution in [3.63, 3.8) is 0 Å². The number of amides is 2. The second-order valence-corrected chi connectivity index (χ2v) is 7.97. The highest BCUT2D eigenvalue weighted by atomic mass is 35.5. The number of carbonyl (C=O) groups is 2. The second-order valence-electron chi connectivity index (χ2n) is 7.53. The Bertz CT molecular complexity index is 917. The molecular formula is C22H26ClN3O4. The van der Waals surface area contributed by atoms with Gasteiger partial charge in [-0.15, -0.1) is 0 Å². The molecule has 0 aliphatic rings. The van der Waals surface area contributed by atoms with Gasteiger partial charge >= 0.3 is 0 Å². The van der Waals surface area contributed by atoms with Gasteiger partial charge in [0.1, 0.15) is 6.04 Å². The molecule has 0 aromatic heterocycles. The van der Waals surface area contributed by atoms with Crippen LogP contribution < -0.4 is 5.32 Å². The molecule has 0 heterocycles. The summed E-state index contributed by atoms with van der Waals surface area (Å²) in [7, 11) is 0. The average molecular weight is 432 g/mol. The van der Waals surface area contributed by atoms with Crippen molar-refractivity contribution in [1.82, 2.24) is 10.2 Å². The Kier molecular flexibility index (Phi) is 8.35. The number of nitrogens with one attached hydrogen (secondary N) is 1. The smallest absolute Gasteiger partial charge is 0.273 e. The first-order valence-corrected chi connectivity index (χ1v) is 10.1. The number of benzene rings is 2. The number of halogens is 1. The van der Waals surface area contributed by atoms with Crippen molar-refractivity contribution in [2.75, 3.05) is 6.54 Å². The molecule has 1 atom stereocenters. The highest BCUT2D eigenvalue weighted by Crippen LogP contribution is 2.21. The molecule has 2 aromatic carbocycles. The molecule has 30 heavy (non-hydrogen) atoms. The molecule has 1 N–H and O–H groups in total. The van der Waals surface area contributed by atoms with E-state index in [1.807, 2.05) is 19.9 Å². The summed E-state index contributed by atoms with van der Waals surface area (Å²) < 4.78 is 0. The molecule has 0 bridgehead atoms. The van der Waals surface area contributed by atoms with Crippen molar-refractivity contribution in [2.45, 2.75) is 39.8 Å². The number of nitrogens with zero attached hydrogens (tertiary/aromatic N) is 2. The van der Waals surface area contributed by atoms with Crippen LogP contribution >= 0.6 is 11.6 Å². The number of nitro groups is 1. The van der Waals surface area contributed by atoms with Gasteiger partial charge in [0.2, 0.25) is 11.8 Å². The highest BCUT2D eigenvalue weighted by Gasteiger charge is 2.28. The van der Waals surface area contributed by atoms with Crippen molar-refractivity contribution >= 4 is 29.1 Å². The topological polar surface area (TPSA) is 92.6 Å². The van der Waals surface area contributed by atoms with Gasteiger partial charge < -0.3 is 10.2 Å². The summed E-state index contributed by atoms with van der Waals surface area (Å²) in [4.78, 5) is 38.0. The highest BCUT2D eigenvalue weighted by molar-refractivity contribution is 6.30. The van der Waals surface area contributed by atoms with Crippen LogP contribution in [0.25, 0.3) is 0 Å². The van der Waals surface area contributed by atoms with E-state index in [1.165, 1.54) is 11.0 Å². The average Bonchev–Trinajstić information content (AvgIpc) is 2.69. The Morgan fingerprint density at radius 2 is 1.83 bits per heavy atom. The van der Waals surface area contributed by atoms with Gasteiger partial charge in [-0.05, 0) is 30.5 Å². The molecule has 0 aliphatic heterocycles. The zero-order valence-corrected chi connectivity index (χ0v) is 18.1. The minimum Gasteiger partial charge on any atom is -0.354 e. The summed E-state index contributed by atoms with van der Waals surface area (Å²) in [6.07, 6.45) is -0.181. The van der Waals surface area contributed by atoms with E-state index in [0.29, 0.717) is 17.1 Å². The van der Waals surface area contributed by atoms with E-state index in [-0.39, 0.29) is 36.4 Å².